The lowest BCUT2D eigenvalue weighted by Gasteiger charge is -2.10. The van der Waals surface area contributed by atoms with E-state index in [1.165, 1.54) is 21.8 Å². The predicted molar refractivity (Wildman–Crippen MR) is 103 cm³/mol. The average molecular weight is 385 g/mol. The summed E-state index contributed by atoms with van der Waals surface area (Å²) in [5, 5.41) is 3.42. The molecular formula is C20H20FN3O2S. The van der Waals surface area contributed by atoms with E-state index in [0.717, 1.165) is 41.5 Å². The van der Waals surface area contributed by atoms with Crippen LogP contribution in [0.5, 0.6) is 0 Å². The van der Waals surface area contributed by atoms with Crippen LogP contribution >= 0.6 is 11.3 Å². The van der Waals surface area contributed by atoms with Gasteiger partial charge in [-0.15, -0.1) is 11.3 Å². The van der Waals surface area contributed by atoms with Crippen LogP contribution in [-0.4, -0.2) is 15.5 Å². The fourth-order valence-corrected chi connectivity index (χ4v) is 4.71. The third kappa shape index (κ3) is 3.64. The molecule has 1 aliphatic rings. The Hall–Kier alpha value is -2.54. The summed E-state index contributed by atoms with van der Waals surface area (Å²) in [6, 6.07) is 6.34. The number of rotatable bonds is 5. The Morgan fingerprint density at radius 3 is 2.93 bits per heavy atom. The molecule has 0 saturated heterocycles. The minimum absolute atomic E-state index is 0.0682. The number of amides is 1. The first-order valence-corrected chi connectivity index (χ1v) is 9.95. The van der Waals surface area contributed by atoms with E-state index >= 15 is 0 Å². The van der Waals surface area contributed by atoms with E-state index in [1.54, 1.807) is 29.5 Å². The Morgan fingerprint density at radius 2 is 2.07 bits per heavy atom. The predicted octanol–water partition coefficient (Wildman–Crippen LogP) is 3.18. The number of nitrogens with one attached hydrogen (secondary N) is 1. The van der Waals surface area contributed by atoms with Crippen molar-refractivity contribution in [1.29, 1.82) is 0 Å². The molecule has 0 bridgehead atoms. The summed E-state index contributed by atoms with van der Waals surface area (Å²) >= 11 is 1.61. The highest BCUT2D eigenvalue weighted by atomic mass is 32.1. The van der Waals surface area contributed by atoms with Gasteiger partial charge in [0.25, 0.3) is 5.56 Å². The van der Waals surface area contributed by atoms with Gasteiger partial charge in [0.15, 0.2) is 0 Å². The summed E-state index contributed by atoms with van der Waals surface area (Å²) in [5.74, 6) is -0.566. The van der Waals surface area contributed by atoms with E-state index < -0.39 is 0 Å². The topological polar surface area (TPSA) is 64.0 Å². The highest BCUT2D eigenvalue weighted by Gasteiger charge is 2.20. The molecule has 0 saturated carbocycles. The fraction of sp³-hybridized carbons (Fsp3) is 0.350. The number of benzene rings is 1. The molecule has 2 aromatic heterocycles. The van der Waals surface area contributed by atoms with Crippen LogP contribution in [0.15, 0.2) is 35.4 Å². The minimum atomic E-state index is -0.342. The number of carbonyl (C=O) groups excluding carboxylic acids is 1. The summed E-state index contributed by atoms with van der Waals surface area (Å²) in [4.78, 5) is 31.4. The van der Waals surface area contributed by atoms with Crippen LogP contribution in [0, 0.1) is 5.82 Å². The highest BCUT2D eigenvalue weighted by Crippen LogP contribution is 2.33. The van der Waals surface area contributed by atoms with Gasteiger partial charge in [-0.1, -0.05) is 18.2 Å². The van der Waals surface area contributed by atoms with Crippen molar-refractivity contribution in [2.75, 3.05) is 0 Å². The number of thiophene rings is 1. The van der Waals surface area contributed by atoms with Crippen molar-refractivity contribution < 1.29 is 9.18 Å². The minimum Gasteiger partial charge on any atom is -0.352 e. The molecule has 7 heteroatoms. The number of halogens is 1. The zero-order chi connectivity index (χ0) is 18.8. The van der Waals surface area contributed by atoms with Crippen LogP contribution in [0.4, 0.5) is 4.39 Å². The Balaban J connectivity index is 1.44. The molecule has 4 rings (SSSR count). The van der Waals surface area contributed by atoms with Gasteiger partial charge in [0.05, 0.1) is 11.7 Å². The molecule has 0 atom stereocenters. The van der Waals surface area contributed by atoms with Crippen molar-refractivity contribution >= 4 is 27.5 Å². The summed E-state index contributed by atoms with van der Waals surface area (Å²) < 4.78 is 15.1. The maximum atomic E-state index is 13.6. The third-order valence-corrected chi connectivity index (χ3v) is 6.16. The van der Waals surface area contributed by atoms with Gasteiger partial charge in [-0.3, -0.25) is 14.2 Å². The third-order valence-electron chi connectivity index (χ3n) is 4.96. The van der Waals surface area contributed by atoms with E-state index in [4.69, 9.17) is 0 Å². The van der Waals surface area contributed by atoms with E-state index in [0.29, 0.717) is 5.56 Å². The van der Waals surface area contributed by atoms with Crippen molar-refractivity contribution in [2.24, 2.45) is 0 Å². The van der Waals surface area contributed by atoms with Crippen LogP contribution in [0.3, 0.4) is 0 Å². The standard InChI is InChI=1S/C20H20FN3O2S/c21-15-7-3-1-5-13(15)11-22-17(25)9-10-24-12-23-19-18(20(24)26)14-6-2-4-8-16(14)27-19/h1,3,5,7,12H,2,4,6,8-11H2,(H,22,25). The van der Waals surface area contributed by atoms with Gasteiger partial charge in [0.1, 0.15) is 10.6 Å². The highest BCUT2D eigenvalue weighted by molar-refractivity contribution is 7.18. The molecule has 0 fully saturated rings. The summed E-state index contributed by atoms with van der Waals surface area (Å²) in [5.41, 5.74) is 1.52. The van der Waals surface area contributed by atoms with E-state index in [9.17, 15) is 14.0 Å². The van der Waals surface area contributed by atoms with Crippen LogP contribution in [-0.2, 0) is 30.7 Å². The van der Waals surface area contributed by atoms with Gasteiger partial charge >= 0.3 is 0 Å². The van der Waals surface area contributed by atoms with Gasteiger partial charge in [-0.2, -0.15) is 0 Å². The molecular weight excluding hydrogens is 365 g/mol. The zero-order valence-electron chi connectivity index (χ0n) is 14.8. The second kappa shape index (κ2) is 7.60. The largest absolute Gasteiger partial charge is 0.352 e. The first kappa shape index (κ1) is 17.9. The van der Waals surface area contributed by atoms with Gasteiger partial charge < -0.3 is 5.32 Å². The zero-order valence-corrected chi connectivity index (χ0v) is 15.7. The van der Waals surface area contributed by atoms with Crippen LogP contribution in [0.2, 0.25) is 0 Å². The lowest BCUT2D eigenvalue weighted by molar-refractivity contribution is -0.121. The molecule has 1 amide bonds. The Bertz CT molecular complexity index is 1060. The van der Waals surface area contributed by atoms with E-state index in [-0.39, 0.29) is 36.8 Å². The van der Waals surface area contributed by atoms with Crippen molar-refractivity contribution in [3.8, 4) is 0 Å². The van der Waals surface area contributed by atoms with Crippen LogP contribution < -0.4 is 10.9 Å². The second-order valence-corrected chi connectivity index (χ2v) is 7.84. The molecule has 2 heterocycles. The molecule has 27 heavy (non-hydrogen) atoms. The van der Waals surface area contributed by atoms with Crippen LogP contribution in [0.25, 0.3) is 10.2 Å². The molecule has 0 radical (unpaired) electrons. The maximum Gasteiger partial charge on any atom is 0.262 e. The Kier molecular flexibility index (Phi) is 5.03. The maximum absolute atomic E-state index is 13.6. The van der Waals surface area contributed by atoms with E-state index in [2.05, 4.69) is 10.3 Å². The molecule has 140 valence electrons. The van der Waals surface area contributed by atoms with Crippen molar-refractivity contribution in [3.63, 3.8) is 0 Å². The first-order chi connectivity index (χ1) is 13.1. The lowest BCUT2D eigenvalue weighted by Crippen LogP contribution is -2.27. The molecule has 0 aliphatic heterocycles. The monoisotopic (exact) mass is 385 g/mol. The molecule has 3 aromatic rings. The summed E-state index contributed by atoms with van der Waals surface area (Å²) in [6.07, 6.45) is 5.89. The number of carbonyl (C=O) groups is 1. The molecule has 0 spiro atoms. The van der Waals surface area contributed by atoms with Crippen molar-refractivity contribution in [2.45, 2.75) is 45.2 Å². The number of hydrogen-bond acceptors (Lipinski definition) is 4. The molecule has 5 nitrogen and oxygen atoms in total. The second-order valence-electron chi connectivity index (χ2n) is 6.75. The molecule has 0 unspecified atom stereocenters. The fourth-order valence-electron chi connectivity index (χ4n) is 3.49. The number of hydrogen-bond donors (Lipinski definition) is 1. The SMILES string of the molecule is O=C(CCn1cnc2sc3c(c2c1=O)CCCC3)NCc1ccccc1F. The van der Waals surface area contributed by atoms with E-state index in [1.807, 2.05) is 0 Å². The first-order valence-electron chi connectivity index (χ1n) is 9.13. The molecule has 1 N–H and O–H groups in total. The Labute approximate surface area is 159 Å². The van der Waals surface area contributed by atoms with Gasteiger partial charge in [-0.25, -0.2) is 9.37 Å². The number of nitrogens with zero attached hydrogens (tertiary/aromatic N) is 2. The van der Waals surface area contributed by atoms with Crippen molar-refractivity contribution in [1.82, 2.24) is 14.9 Å². The number of aryl methyl sites for hydroxylation is 3. The summed E-state index contributed by atoms with van der Waals surface area (Å²) in [7, 11) is 0. The molecule has 1 aliphatic carbocycles. The van der Waals surface area contributed by atoms with Crippen molar-refractivity contribution in [3.05, 3.63) is 62.8 Å². The smallest absolute Gasteiger partial charge is 0.262 e. The van der Waals surface area contributed by atoms with Gasteiger partial charge in [-0.05, 0) is 37.3 Å². The average Bonchev–Trinajstić information content (AvgIpc) is 3.06. The Morgan fingerprint density at radius 1 is 1.26 bits per heavy atom. The van der Waals surface area contributed by atoms with Gasteiger partial charge in [0.2, 0.25) is 5.91 Å². The lowest BCUT2D eigenvalue weighted by atomic mass is 9.97. The number of aromatic nitrogens is 2. The summed E-state index contributed by atoms with van der Waals surface area (Å²) in [6.45, 7) is 0.394. The number of fused-ring (bicyclic) bond motifs is 3. The van der Waals surface area contributed by atoms with Gasteiger partial charge in [0, 0.05) is 30.0 Å². The quantitative estimate of drug-likeness (QED) is 0.734. The molecule has 1 aromatic carbocycles. The normalized spacial score (nSPS) is 13.5. The van der Waals surface area contributed by atoms with Crippen LogP contribution in [0.1, 0.15) is 35.3 Å².